The van der Waals surface area contributed by atoms with Crippen LogP contribution in [0, 0.1) is 6.92 Å². The summed E-state index contributed by atoms with van der Waals surface area (Å²) in [5, 5.41) is 2.27. The second-order valence-corrected chi connectivity index (χ2v) is 4.36. The van der Waals surface area contributed by atoms with Crippen LogP contribution in [0.4, 0.5) is 24.5 Å². The zero-order valence-corrected chi connectivity index (χ0v) is 12.0. The fourth-order valence-corrected chi connectivity index (χ4v) is 1.78. The van der Waals surface area contributed by atoms with Crippen molar-refractivity contribution in [1.29, 1.82) is 0 Å². The molecular weight excluding hydrogens is 285 g/mol. The Bertz CT molecular complexity index is 566. The predicted molar refractivity (Wildman–Crippen MR) is 75.0 cm³/mol. The van der Waals surface area contributed by atoms with Gasteiger partial charge < -0.3 is 15.8 Å². The largest absolute Gasteiger partial charge is 0.465 e. The lowest BCUT2D eigenvalue weighted by molar-refractivity contribution is -0.0905. The molecule has 0 spiro atoms. The van der Waals surface area contributed by atoms with E-state index < -0.39 is 17.8 Å². The molecule has 1 rings (SSSR count). The van der Waals surface area contributed by atoms with Crippen LogP contribution in [0.2, 0.25) is 0 Å². The number of alkyl halides is 3. The molecule has 21 heavy (non-hydrogen) atoms. The number of anilines is 2. The summed E-state index contributed by atoms with van der Waals surface area (Å²) in [6, 6.07) is 2.98. The number of methoxy groups -OCH3 is 1. The van der Waals surface area contributed by atoms with Crippen molar-refractivity contribution in [1.82, 2.24) is 0 Å². The lowest BCUT2D eigenvalue weighted by Gasteiger charge is -2.19. The summed E-state index contributed by atoms with van der Waals surface area (Å²) in [5.74, 6) is -0.795. The first kappa shape index (κ1) is 16.9. The van der Waals surface area contributed by atoms with Gasteiger partial charge in [-0.25, -0.2) is 4.79 Å². The Kier molecular flexibility index (Phi) is 5.23. The number of esters is 1. The Morgan fingerprint density at radius 3 is 2.52 bits per heavy atom. The molecule has 0 radical (unpaired) electrons. The quantitative estimate of drug-likeness (QED) is 0.658. The minimum absolute atomic E-state index is 0.00104. The van der Waals surface area contributed by atoms with Crippen LogP contribution in [-0.4, -0.2) is 19.3 Å². The summed E-state index contributed by atoms with van der Waals surface area (Å²) in [6.07, 6.45) is -3.36. The van der Waals surface area contributed by atoms with Gasteiger partial charge in [0.05, 0.1) is 12.8 Å². The maximum atomic E-state index is 13.0. The monoisotopic (exact) mass is 302 g/mol. The number of hydrogen-bond donors (Lipinski definition) is 2. The summed E-state index contributed by atoms with van der Waals surface area (Å²) in [6.45, 7) is 3.16. The second kappa shape index (κ2) is 6.51. The number of ether oxygens (including phenoxy) is 1. The zero-order valence-electron chi connectivity index (χ0n) is 12.0. The molecule has 0 saturated heterocycles. The average molecular weight is 302 g/mol. The standard InChI is InChI=1S/C14H17F3N2O2/c1-4-5-10(14(15,16)17)19-12-8(2)6-7-9(18)11(12)13(20)21-3/h5-7,19H,4,18H2,1-3H3/b10-5+. The molecule has 0 aromatic heterocycles. The zero-order chi connectivity index (χ0) is 16.2. The number of nitrogens with two attached hydrogens (primary N) is 1. The van der Waals surface area contributed by atoms with Gasteiger partial charge in [-0.2, -0.15) is 13.2 Å². The molecule has 0 saturated carbocycles. The van der Waals surface area contributed by atoms with Crippen LogP contribution in [0.3, 0.4) is 0 Å². The topological polar surface area (TPSA) is 64.3 Å². The molecule has 0 aliphatic heterocycles. The van der Waals surface area contributed by atoms with E-state index in [4.69, 9.17) is 5.73 Å². The van der Waals surface area contributed by atoms with E-state index in [0.29, 0.717) is 5.56 Å². The highest BCUT2D eigenvalue weighted by molar-refractivity contribution is 6.02. The van der Waals surface area contributed by atoms with Crippen molar-refractivity contribution in [2.24, 2.45) is 0 Å². The number of allylic oxidation sites excluding steroid dienone is 2. The van der Waals surface area contributed by atoms with E-state index in [1.54, 1.807) is 13.8 Å². The van der Waals surface area contributed by atoms with E-state index in [1.165, 1.54) is 12.1 Å². The molecule has 0 atom stereocenters. The second-order valence-electron chi connectivity index (χ2n) is 4.36. The predicted octanol–water partition coefficient (Wildman–Crippen LogP) is 3.63. The molecule has 0 heterocycles. The number of carbonyl (C=O) groups is 1. The van der Waals surface area contributed by atoms with Crippen LogP contribution in [0.25, 0.3) is 0 Å². The van der Waals surface area contributed by atoms with Crippen LogP contribution in [0.5, 0.6) is 0 Å². The van der Waals surface area contributed by atoms with E-state index in [2.05, 4.69) is 10.1 Å². The number of aryl methyl sites for hydroxylation is 1. The average Bonchev–Trinajstić information content (AvgIpc) is 2.40. The number of nitrogens with one attached hydrogen (secondary N) is 1. The molecule has 0 aliphatic rings. The first-order valence-electron chi connectivity index (χ1n) is 6.24. The van der Waals surface area contributed by atoms with Crippen molar-refractivity contribution in [3.8, 4) is 0 Å². The summed E-state index contributed by atoms with van der Waals surface area (Å²) in [7, 11) is 1.14. The van der Waals surface area contributed by atoms with E-state index in [1.807, 2.05) is 0 Å². The van der Waals surface area contributed by atoms with Crippen molar-refractivity contribution in [3.05, 3.63) is 35.0 Å². The third-order valence-electron chi connectivity index (χ3n) is 2.81. The summed E-state index contributed by atoms with van der Waals surface area (Å²) >= 11 is 0. The molecule has 3 N–H and O–H groups in total. The third-order valence-corrected chi connectivity index (χ3v) is 2.81. The number of rotatable bonds is 4. The number of benzene rings is 1. The van der Waals surface area contributed by atoms with Gasteiger partial charge in [0.1, 0.15) is 11.3 Å². The van der Waals surface area contributed by atoms with E-state index in [-0.39, 0.29) is 23.4 Å². The number of carbonyl (C=O) groups excluding carboxylic acids is 1. The van der Waals surface area contributed by atoms with E-state index >= 15 is 0 Å². The van der Waals surface area contributed by atoms with Gasteiger partial charge in [0.2, 0.25) is 0 Å². The lowest BCUT2D eigenvalue weighted by Crippen LogP contribution is -2.21. The molecule has 4 nitrogen and oxygen atoms in total. The van der Waals surface area contributed by atoms with Gasteiger partial charge in [-0.15, -0.1) is 0 Å². The Labute approximate surface area is 120 Å². The highest BCUT2D eigenvalue weighted by Crippen LogP contribution is 2.33. The molecule has 0 aliphatic carbocycles. The Morgan fingerprint density at radius 2 is 2.05 bits per heavy atom. The van der Waals surface area contributed by atoms with Crippen LogP contribution >= 0.6 is 0 Å². The van der Waals surface area contributed by atoms with Gasteiger partial charge >= 0.3 is 12.1 Å². The van der Waals surface area contributed by atoms with Crippen molar-refractivity contribution < 1.29 is 22.7 Å². The maximum Gasteiger partial charge on any atom is 0.430 e. The Balaban J connectivity index is 3.39. The highest BCUT2D eigenvalue weighted by atomic mass is 19.4. The van der Waals surface area contributed by atoms with Crippen LogP contribution in [0.1, 0.15) is 29.3 Å². The SMILES string of the molecule is CC/C=C(/Nc1c(C)ccc(N)c1C(=O)OC)C(F)(F)F. The Hall–Kier alpha value is -2.18. The normalized spacial score (nSPS) is 12.2. The highest BCUT2D eigenvalue weighted by Gasteiger charge is 2.34. The molecule has 0 amide bonds. The molecule has 0 bridgehead atoms. The third kappa shape index (κ3) is 3.90. The van der Waals surface area contributed by atoms with Crippen molar-refractivity contribution in [2.45, 2.75) is 26.4 Å². The summed E-state index contributed by atoms with van der Waals surface area (Å²) in [5.41, 5.74) is 5.14. The number of halogens is 3. The molecule has 0 fully saturated rings. The fraction of sp³-hybridized carbons (Fsp3) is 0.357. The number of hydrogen-bond acceptors (Lipinski definition) is 4. The molecule has 1 aromatic carbocycles. The van der Waals surface area contributed by atoms with Crippen LogP contribution in [-0.2, 0) is 4.74 Å². The molecule has 7 heteroatoms. The maximum absolute atomic E-state index is 13.0. The molecular formula is C14H17F3N2O2. The molecule has 116 valence electrons. The smallest absolute Gasteiger partial charge is 0.430 e. The first-order valence-corrected chi connectivity index (χ1v) is 6.24. The Morgan fingerprint density at radius 1 is 1.43 bits per heavy atom. The fourth-order valence-electron chi connectivity index (χ4n) is 1.78. The summed E-state index contributed by atoms with van der Waals surface area (Å²) < 4.78 is 43.5. The van der Waals surface area contributed by atoms with Gasteiger partial charge in [0, 0.05) is 5.69 Å². The molecule has 1 aromatic rings. The minimum atomic E-state index is -4.56. The van der Waals surface area contributed by atoms with Gasteiger partial charge in [-0.05, 0) is 25.0 Å². The van der Waals surface area contributed by atoms with Crippen molar-refractivity contribution in [3.63, 3.8) is 0 Å². The van der Waals surface area contributed by atoms with Gasteiger partial charge in [0.15, 0.2) is 0 Å². The van der Waals surface area contributed by atoms with Crippen molar-refractivity contribution in [2.75, 3.05) is 18.2 Å². The van der Waals surface area contributed by atoms with Gasteiger partial charge in [-0.1, -0.05) is 19.1 Å². The lowest BCUT2D eigenvalue weighted by atomic mass is 10.1. The summed E-state index contributed by atoms with van der Waals surface area (Å²) in [4.78, 5) is 11.8. The molecule has 0 unspecified atom stereocenters. The first-order chi connectivity index (χ1) is 9.72. The minimum Gasteiger partial charge on any atom is -0.465 e. The van der Waals surface area contributed by atoms with Crippen molar-refractivity contribution >= 4 is 17.3 Å². The van der Waals surface area contributed by atoms with Gasteiger partial charge in [-0.3, -0.25) is 0 Å². The van der Waals surface area contributed by atoms with Crippen LogP contribution < -0.4 is 11.1 Å². The van der Waals surface area contributed by atoms with Crippen LogP contribution in [0.15, 0.2) is 23.9 Å². The van der Waals surface area contributed by atoms with E-state index in [0.717, 1.165) is 13.2 Å². The number of nitrogen functional groups attached to an aromatic ring is 1. The van der Waals surface area contributed by atoms with Gasteiger partial charge in [0.25, 0.3) is 0 Å². The van der Waals surface area contributed by atoms with E-state index in [9.17, 15) is 18.0 Å².